The Morgan fingerprint density at radius 3 is 2.76 bits per heavy atom. The molecule has 1 aliphatic rings. The van der Waals surface area contributed by atoms with E-state index in [9.17, 15) is 0 Å². The molecule has 0 unspecified atom stereocenters. The third-order valence-corrected chi connectivity index (χ3v) is 7.16. The maximum absolute atomic E-state index is 5.75. The molecule has 8 nitrogen and oxygen atoms in total. The average Bonchev–Trinajstić information content (AvgIpc) is 3.40. The Kier molecular flexibility index (Phi) is 7.15. The summed E-state index contributed by atoms with van der Waals surface area (Å²) in [7, 11) is 1.67. The Bertz CT molecular complexity index is 1510. The Morgan fingerprint density at radius 2 is 1.92 bits per heavy atom. The van der Waals surface area contributed by atoms with Gasteiger partial charge in [0.15, 0.2) is 0 Å². The van der Waals surface area contributed by atoms with Crippen molar-refractivity contribution in [3.05, 3.63) is 84.9 Å². The van der Waals surface area contributed by atoms with Crippen LogP contribution in [0.5, 0.6) is 5.75 Å². The standard InChI is InChI=1S/C30H32N6O2/c1-37-16-17-38-25-8-9-27-26(18-25)33-21-36(27)29-10-7-23-5-2-6-28(30(23)34-29)35-14-11-24(12-15-35)32-20-22-4-3-13-31-19-22/h2-10,13,18-19,21,24,32H,11-12,14-17,20H2,1H3. The van der Waals surface area contributed by atoms with Gasteiger partial charge in [0.2, 0.25) is 0 Å². The van der Waals surface area contributed by atoms with E-state index >= 15 is 0 Å². The van der Waals surface area contributed by atoms with E-state index in [4.69, 9.17) is 14.5 Å². The van der Waals surface area contributed by atoms with E-state index in [2.05, 4.69) is 56.6 Å². The molecule has 0 bridgehead atoms. The van der Waals surface area contributed by atoms with Gasteiger partial charge in [-0.05, 0) is 54.8 Å². The molecule has 1 N–H and O–H groups in total. The fraction of sp³-hybridized carbons (Fsp3) is 0.300. The second-order valence-electron chi connectivity index (χ2n) is 9.63. The second kappa shape index (κ2) is 11.2. The fourth-order valence-corrected chi connectivity index (χ4v) is 5.11. The number of benzene rings is 2. The summed E-state index contributed by atoms with van der Waals surface area (Å²) in [6, 6.07) is 21.2. The number of anilines is 1. The van der Waals surface area contributed by atoms with Gasteiger partial charge in [-0.1, -0.05) is 18.2 Å². The number of imidazole rings is 1. The number of ether oxygens (including phenoxy) is 2. The van der Waals surface area contributed by atoms with E-state index in [0.717, 1.165) is 66.0 Å². The first kappa shape index (κ1) is 24.3. The van der Waals surface area contributed by atoms with Crippen LogP contribution in [0.25, 0.3) is 27.8 Å². The summed E-state index contributed by atoms with van der Waals surface area (Å²) in [5.74, 6) is 1.64. The summed E-state index contributed by atoms with van der Waals surface area (Å²) in [6.07, 6.45) is 7.77. The molecule has 2 aromatic carbocycles. The quantitative estimate of drug-likeness (QED) is 0.288. The van der Waals surface area contributed by atoms with Crippen LogP contribution in [0.3, 0.4) is 0 Å². The number of hydrogen-bond donors (Lipinski definition) is 1. The maximum Gasteiger partial charge on any atom is 0.139 e. The highest BCUT2D eigenvalue weighted by Gasteiger charge is 2.21. The monoisotopic (exact) mass is 508 g/mol. The lowest BCUT2D eigenvalue weighted by molar-refractivity contribution is 0.146. The van der Waals surface area contributed by atoms with Crippen LogP contribution in [0.2, 0.25) is 0 Å². The first-order valence-corrected chi connectivity index (χ1v) is 13.1. The number of rotatable bonds is 9. The number of nitrogens with zero attached hydrogens (tertiary/aromatic N) is 5. The Morgan fingerprint density at radius 1 is 1.00 bits per heavy atom. The molecule has 0 atom stereocenters. The third-order valence-electron chi connectivity index (χ3n) is 7.16. The Balaban J connectivity index is 1.20. The molecule has 1 saturated heterocycles. The predicted octanol–water partition coefficient (Wildman–Crippen LogP) is 4.75. The Hall–Kier alpha value is -4.01. The zero-order chi connectivity index (χ0) is 25.7. The molecule has 3 aromatic heterocycles. The van der Waals surface area contributed by atoms with Gasteiger partial charge in [0.1, 0.15) is 24.5 Å². The number of fused-ring (bicyclic) bond motifs is 2. The van der Waals surface area contributed by atoms with Gasteiger partial charge in [-0.25, -0.2) is 9.97 Å². The molecule has 0 spiro atoms. The molecule has 1 fully saturated rings. The van der Waals surface area contributed by atoms with E-state index < -0.39 is 0 Å². The van der Waals surface area contributed by atoms with E-state index in [0.29, 0.717) is 19.3 Å². The van der Waals surface area contributed by atoms with Crippen molar-refractivity contribution in [2.75, 3.05) is 38.3 Å². The zero-order valence-corrected chi connectivity index (χ0v) is 21.6. The second-order valence-corrected chi connectivity index (χ2v) is 9.63. The molecule has 38 heavy (non-hydrogen) atoms. The van der Waals surface area contributed by atoms with Gasteiger partial charge in [0, 0.05) is 56.6 Å². The molecule has 1 aliphatic heterocycles. The lowest BCUT2D eigenvalue weighted by Crippen LogP contribution is -2.42. The van der Waals surface area contributed by atoms with Crippen LogP contribution in [0, 0.1) is 0 Å². The number of methoxy groups -OCH3 is 1. The van der Waals surface area contributed by atoms with E-state index in [1.54, 1.807) is 7.11 Å². The fourth-order valence-electron chi connectivity index (χ4n) is 5.11. The first-order chi connectivity index (χ1) is 18.8. The van der Waals surface area contributed by atoms with Gasteiger partial charge in [-0.2, -0.15) is 0 Å². The number of nitrogens with one attached hydrogen (secondary N) is 1. The Labute approximate surface area is 222 Å². The van der Waals surface area contributed by atoms with Crippen molar-refractivity contribution in [2.24, 2.45) is 0 Å². The van der Waals surface area contributed by atoms with Crippen LogP contribution >= 0.6 is 0 Å². The number of para-hydroxylation sites is 1. The largest absolute Gasteiger partial charge is 0.491 e. The molecule has 0 radical (unpaired) electrons. The van der Waals surface area contributed by atoms with Crippen molar-refractivity contribution in [3.63, 3.8) is 0 Å². The lowest BCUT2D eigenvalue weighted by Gasteiger charge is -2.34. The number of piperidine rings is 1. The molecule has 4 heterocycles. The summed E-state index contributed by atoms with van der Waals surface area (Å²) >= 11 is 0. The number of pyridine rings is 2. The van der Waals surface area contributed by atoms with Gasteiger partial charge in [0.25, 0.3) is 0 Å². The first-order valence-electron chi connectivity index (χ1n) is 13.1. The van der Waals surface area contributed by atoms with Gasteiger partial charge < -0.3 is 19.7 Å². The molecular weight excluding hydrogens is 476 g/mol. The molecule has 5 aromatic rings. The topological polar surface area (TPSA) is 77.3 Å². The van der Waals surface area contributed by atoms with Crippen LogP contribution in [-0.2, 0) is 11.3 Å². The highest BCUT2D eigenvalue weighted by atomic mass is 16.5. The van der Waals surface area contributed by atoms with Crippen molar-refractivity contribution in [3.8, 4) is 11.6 Å². The number of aromatic nitrogens is 4. The molecule has 194 valence electrons. The van der Waals surface area contributed by atoms with Crippen molar-refractivity contribution in [2.45, 2.75) is 25.4 Å². The molecular formula is C30H32N6O2. The number of hydrogen-bond acceptors (Lipinski definition) is 7. The zero-order valence-electron chi connectivity index (χ0n) is 21.6. The summed E-state index contributed by atoms with van der Waals surface area (Å²) < 4.78 is 12.9. The predicted molar refractivity (Wildman–Crippen MR) is 150 cm³/mol. The minimum absolute atomic E-state index is 0.505. The molecule has 0 aliphatic carbocycles. The van der Waals surface area contributed by atoms with Crippen LogP contribution in [0.4, 0.5) is 5.69 Å². The highest BCUT2D eigenvalue weighted by Crippen LogP contribution is 2.30. The molecule has 0 saturated carbocycles. The average molecular weight is 509 g/mol. The van der Waals surface area contributed by atoms with Crippen LogP contribution in [-0.4, -0.2) is 59.0 Å². The third kappa shape index (κ3) is 5.18. The lowest BCUT2D eigenvalue weighted by atomic mass is 10.0. The van der Waals surface area contributed by atoms with Gasteiger partial charge in [0.05, 0.1) is 28.8 Å². The van der Waals surface area contributed by atoms with Crippen molar-refractivity contribution < 1.29 is 9.47 Å². The van der Waals surface area contributed by atoms with Gasteiger partial charge in [-0.3, -0.25) is 9.55 Å². The van der Waals surface area contributed by atoms with Gasteiger partial charge in [-0.15, -0.1) is 0 Å². The highest BCUT2D eigenvalue weighted by molar-refractivity contribution is 5.92. The minimum Gasteiger partial charge on any atom is -0.491 e. The summed E-state index contributed by atoms with van der Waals surface area (Å²) in [5.41, 5.74) is 5.30. The van der Waals surface area contributed by atoms with Crippen molar-refractivity contribution in [1.82, 2.24) is 24.8 Å². The van der Waals surface area contributed by atoms with E-state index in [1.165, 1.54) is 11.3 Å². The summed E-state index contributed by atoms with van der Waals surface area (Å²) in [5, 5.41) is 4.84. The van der Waals surface area contributed by atoms with Crippen LogP contribution in [0.1, 0.15) is 18.4 Å². The SMILES string of the molecule is COCCOc1ccc2c(c1)ncn2-c1ccc2cccc(N3CCC(NCc4cccnc4)CC3)c2n1. The normalized spacial score (nSPS) is 14.4. The summed E-state index contributed by atoms with van der Waals surface area (Å²) in [4.78, 5) is 16.4. The minimum atomic E-state index is 0.505. The van der Waals surface area contributed by atoms with Crippen LogP contribution in [0.15, 0.2) is 79.4 Å². The molecule has 8 heteroatoms. The van der Waals surface area contributed by atoms with Crippen molar-refractivity contribution >= 4 is 27.6 Å². The van der Waals surface area contributed by atoms with E-state index in [-0.39, 0.29) is 0 Å². The molecule has 0 amide bonds. The molecule has 6 rings (SSSR count). The van der Waals surface area contributed by atoms with Crippen LogP contribution < -0.4 is 15.0 Å². The van der Waals surface area contributed by atoms with E-state index in [1.807, 2.05) is 47.6 Å². The van der Waals surface area contributed by atoms with Crippen molar-refractivity contribution in [1.29, 1.82) is 0 Å². The maximum atomic E-state index is 5.75. The smallest absolute Gasteiger partial charge is 0.139 e. The van der Waals surface area contributed by atoms with Gasteiger partial charge >= 0.3 is 0 Å². The summed E-state index contributed by atoms with van der Waals surface area (Å²) in [6.45, 7) is 3.91.